The van der Waals surface area contributed by atoms with Gasteiger partial charge in [0.2, 0.25) is 22.7 Å². The zero-order chi connectivity index (χ0) is 24.8. The van der Waals surface area contributed by atoms with E-state index in [9.17, 15) is 13.2 Å². The number of sulfonamides is 1. The summed E-state index contributed by atoms with van der Waals surface area (Å²) in [5.74, 6) is 1.45. The van der Waals surface area contributed by atoms with E-state index >= 15 is 0 Å². The third-order valence-electron chi connectivity index (χ3n) is 5.56. The van der Waals surface area contributed by atoms with E-state index in [1.54, 1.807) is 25.1 Å². The van der Waals surface area contributed by atoms with Crippen LogP contribution in [-0.4, -0.2) is 33.8 Å². The van der Waals surface area contributed by atoms with E-state index in [0.29, 0.717) is 29.4 Å². The van der Waals surface area contributed by atoms with Crippen molar-refractivity contribution in [3.05, 3.63) is 83.4 Å². The quantitative estimate of drug-likeness (QED) is 0.446. The Kier molecular flexibility index (Phi) is 7.57. The lowest BCUT2D eigenvalue weighted by molar-refractivity contribution is -0.122. The number of benzene rings is 3. The number of amides is 1. The molecule has 35 heavy (non-hydrogen) atoms. The molecule has 3 aromatic carbocycles. The van der Waals surface area contributed by atoms with Crippen molar-refractivity contribution in [3.63, 3.8) is 0 Å². The third-order valence-corrected chi connectivity index (χ3v) is 7.03. The van der Waals surface area contributed by atoms with E-state index in [2.05, 4.69) is 10.0 Å². The molecule has 1 amide bonds. The molecule has 184 valence electrons. The van der Waals surface area contributed by atoms with Crippen molar-refractivity contribution in [1.82, 2.24) is 10.0 Å². The van der Waals surface area contributed by atoms with Crippen LogP contribution < -0.4 is 24.2 Å². The fraction of sp³-hybridized carbons (Fsp3) is 0.269. The summed E-state index contributed by atoms with van der Waals surface area (Å²) in [5.41, 5.74) is 2.34. The largest absolute Gasteiger partial charge is 0.494 e. The monoisotopic (exact) mass is 496 g/mol. The normalized spacial score (nSPS) is 13.3. The van der Waals surface area contributed by atoms with Crippen molar-refractivity contribution in [2.75, 3.05) is 13.4 Å². The van der Waals surface area contributed by atoms with Crippen LogP contribution >= 0.6 is 0 Å². The highest BCUT2D eigenvalue weighted by Gasteiger charge is 2.26. The second-order valence-electron chi connectivity index (χ2n) is 8.13. The van der Waals surface area contributed by atoms with Crippen molar-refractivity contribution in [1.29, 1.82) is 0 Å². The van der Waals surface area contributed by atoms with Crippen LogP contribution in [0.4, 0.5) is 0 Å². The number of hydrogen-bond donors (Lipinski definition) is 2. The minimum Gasteiger partial charge on any atom is -0.494 e. The summed E-state index contributed by atoms with van der Waals surface area (Å²) in [4.78, 5) is 13.2. The molecule has 4 rings (SSSR count). The van der Waals surface area contributed by atoms with Gasteiger partial charge in [0.1, 0.15) is 11.8 Å². The Morgan fingerprint density at radius 3 is 2.51 bits per heavy atom. The van der Waals surface area contributed by atoms with Crippen LogP contribution in [0.3, 0.4) is 0 Å². The lowest BCUT2D eigenvalue weighted by Gasteiger charge is -2.19. The minimum absolute atomic E-state index is 0.0695. The summed E-state index contributed by atoms with van der Waals surface area (Å²) >= 11 is 0. The van der Waals surface area contributed by atoms with Gasteiger partial charge in [-0.05, 0) is 67.3 Å². The molecule has 0 bridgehead atoms. The molecule has 3 aromatic rings. The highest BCUT2D eigenvalue weighted by molar-refractivity contribution is 7.89. The number of hydrogen-bond acceptors (Lipinski definition) is 6. The summed E-state index contributed by atoms with van der Waals surface area (Å²) < 4.78 is 45.2. The molecule has 1 heterocycles. The van der Waals surface area contributed by atoms with Gasteiger partial charge in [0.15, 0.2) is 11.5 Å². The lowest BCUT2D eigenvalue weighted by atomic mass is 10.1. The molecule has 0 aromatic heterocycles. The van der Waals surface area contributed by atoms with Crippen molar-refractivity contribution in [3.8, 4) is 17.2 Å². The van der Waals surface area contributed by atoms with Gasteiger partial charge in [-0.25, -0.2) is 8.42 Å². The Morgan fingerprint density at radius 1 is 1.00 bits per heavy atom. The van der Waals surface area contributed by atoms with Gasteiger partial charge in [-0.2, -0.15) is 4.72 Å². The van der Waals surface area contributed by atoms with E-state index in [1.165, 1.54) is 12.1 Å². The Morgan fingerprint density at radius 2 is 1.77 bits per heavy atom. The molecule has 0 fully saturated rings. The Hall–Kier alpha value is -3.56. The van der Waals surface area contributed by atoms with Crippen LogP contribution in [0.5, 0.6) is 17.2 Å². The van der Waals surface area contributed by atoms with Gasteiger partial charge in [-0.3, -0.25) is 4.79 Å². The molecule has 0 saturated carbocycles. The van der Waals surface area contributed by atoms with Crippen molar-refractivity contribution >= 4 is 15.9 Å². The summed E-state index contributed by atoms with van der Waals surface area (Å²) in [6, 6.07) is 18.3. The smallest absolute Gasteiger partial charge is 0.241 e. The molecular formula is C26H28N2O6S. The van der Waals surface area contributed by atoms with E-state index < -0.39 is 22.0 Å². The topological polar surface area (TPSA) is 103 Å². The minimum atomic E-state index is -3.97. The predicted octanol–water partition coefficient (Wildman–Crippen LogP) is 3.33. The maximum Gasteiger partial charge on any atom is 0.241 e. The number of nitrogens with one attached hydrogen (secondary N) is 2. The highest BCUT2D eigenvalue weighted by atomic mass is 32.2. The number of carbonyl (C=O) groups excluding carboxylic acids is 1. The SMILES string of the molecule is CCOc1ccc(S(=O)(=O)N[C@H](Cc2ccccc2)C(=O)NCc2ccc3c(c2)OCO3)cc1C. The highest BCUT2D eigenvalue weighted by Crippen LogP contribution is 2.32. The molecule has 2 N–H and O–H groups in total. The van der Waals surface area contributed by atoms with Gasteiger partial charge in [0, 0.05) is 6.54 Å². The summed E-state index contributed by atoms with van der Waals surface area (Å²) in [6.07, 6.45) is 0.197. The first-order valence-corrected chi connectivity index (χ1v) is 12.8. The number of fused-ring (bicyclic) bond motifs is 1. The Bertz CT molecular complexity index is 1290. The molecule has 0 radical (unpaired) electrons. The van der Waals surface area contributed by atoms with Crippen molar-refractivity contribution in [2.24, 2.45) is 0 Å². The Labute approximate surface area is 205 Å². The molecule has 0 saturated heterocycles. The van der Waals surface area contributed by atoms with Crippen LogP contribution in [0.1, 0.15) is 23.6 Å². The van der Waals surface area contributed by atoms with Crippen molar-refractivity contribution in [2.45, 2.75) is 37.8 Å². The molecule has 1 atom stereocenters. The molecule has 0 unspecified atom stereocenters. The van der Waals surface area contributed by atoms with Gasteiger partial charge >= 0.3 is 0 Å². The molecule has 1 aliphatic rings. The van der Waals surface area contributed by atoms with Crippen LogP contribution in [0.15, 0.2) is 71.6 Å². The Balaban J connectivity index is 1.51. The maximum atomic E-state index is 13.2. The summed E-state index contributed by atoms with van der Waals surface area (Å²) in [5, 5.41) is 2.84. The fourth-order valence-electron chi connectivity index (χ4n) is 3.76. The van der Waals surface area contributed by atoms with Gasteiger partial charge in [-0.1, -0.05) is 36.4 Å². The second-order valence-corrected chi connectivity index (χ2v) is 9.84. The molecule has 9 heteroatoms. The molecule has 1 aliphatic heterocycles. The number of carbonyl (C=O) groups is 1. The molecule has 0 spiro atoms. The van der Waals surface area contributed by atoms with Gasteiger partial charge < -0.3 is 19.5 Å². The number of rotatable bonds is 10. The van der Waals surface area contributed by atoms with E-state index in [1.807, 2.05) is 43.3 Å². The van der Waals surface area contributed by atoms with E-state index in [-0.39, 0.29) is 24.7 Å². The molecule has 8 nitrogen and oxygen atoms in total. The van der Waals surface area contributed by atoms with Crippen LogP contribution in [0.25, 0.3) is 0 Å². The second kappa shape index (κ2) is 10.8. The zero-order valence-electron chi connectivity index (χ0n) is 19.6. The maximum absolute atomic E-state index is 13.2. The average molecular weight is 497 g/mol. The standard InChI is InChI=1S/C26H28N2O6S/c1-3-32-23-12-10-21(13-18(23)2)35(30,31)28-22(14-19-7-5-4-6-8-19)26(29)27-16-20-9-11-24-25(15-20)34-17-33-24/h4-13,15,22,28H,3,14,16-17H2,1-2H3,(H,27,29)/t22-/m1/s1. The van der Waals surface area contributed by atoms with Crippen molar-refractivity contribution < 1.29 is 27.4 Å². The van der Waals surface area contributed by atoms with E-state index in [4.69, 9.17) is 14.2 Å². The number of ether oxygens (including phenoxy) is 3. The fourth-order valence-corrected chi connectivity index (χ4v) is 5.04. The lowest BCUT2D eigenvalue weighted by Crippen LogP contribution is -2.47. The predicted molar refractivity (Wildman–Crippen MR) is 131 cm³/mol. The first-order chi connectivity index (χ1) is 16.9. The van der Waals surface area contributed by atoms with Crippen LogP contribution in [0.2, 0.25) is 0 Å². The van der Waals surface area contributed by atoms with Gasteiger partial charge in [-0.15, -0.1) is 0 Å². The van der Waals surface area contributed by atoms with Crippen LogP contribution in [0, 0.1) is 6.92 Å². The van der Waals surface area contributed by atoms with Crippen LogP contribution in [-0.2, 0) is 27.8 Å². The van der Waals surface area contributed by atoms with Gasteiger partial charge in [0.25, 0.3) is 0 Å². The number of aryl methyl sites for hydroxylation is 1. The van der Waals surface area contributed by atoms with E-state index in [0.717, 1.165) is 11.1 Å². The molecule has 0 aliphatic carbocycles. The average Bonchev–Trinajstić information content (AvgIpc) is 3.32. The summed E-state index contributed by atoms with van der Waals surface area (Å²) in [7, 11) is -3.97. The van der Waals surface area contributed by atoms with Gasteiger partial charge in [0.05, 0.1) is 11.5 Å². The first kappa shape index (κ1) is 24.6. The zero-order valence-corrected chi connectivity index (χ0v) is 20.4. The molecular weight excluding hydrogens is 468 g/mol. The summed E-state index contributed by atoms with van der Waals surface area (Å²) in [6.45, 7) is 4.50. The first-order valence-electron chi connectivity index (χ1n) is 11.3. The third kappa shape index (κ3) is 6.12.